The Kier molecular flexibility index (Phi) is 6.98. The Morgan fingerprint density at radius 1 is 1.26 bits per heavy atom. The number of hydrogen-bond donors (Lipinski definition) is 2. The van der Waals surface area contributed by atoms with Gasteiger partial charge in [-0.3, -0.25) is 0 Å². The lowest BCUT2D eigenvalue weighted by molar-refractivity contribution is 0.0134. The molecule has 1 rings (SSSR count). The van der Waals surface area contributed by atoms with Crippen LogP contribution in [0.15, 0.2) is 24.3 Å². The molecule has 0 spiro atoms. The number of ether oxygens (including phenoxy) is 2. The molecule has 0 aliphatic rings. The van der Waals surface area contributed by atoms with Crippen LogP contribution in [-0.4, -0.2) is 36.6 Å². The van der Waals surface area contributed by atoms with Gasteiger partial charge in [0, 0.05) is 5.92 Å². The van der Waals surface area contributed by atoms with E-state index < -0.39 is 6.10 Å². The van der Waals surface area contributed by atoms with Crippen LogP contribution in [0.3, 0.4) is 0 Å². The van der Waals surface area contributed by atoms with Gasteiger partial charge in [-0.25, -0.2) is 0 Å². The molecule has 2 N–H and O–H groups in total. The van der Waals surface area contributed by atoms with Crippen molar-refractivity contribution in [2.75, 3.05) is 20.3 Å². The fraction of sp³-hybridized carbons (Fsp3) is 0.467. The van der Waals surface area contributed by atoms with Gasteiger partial charge in [-0.15, -0.1) is 0 Å². The van der Waals surface area contributed by atoms with E-state index in [2.05, 4.69) is 11.8 Å². The highest BCUT2D eigenvalue weighted by Crippen LogP contribution is 2.12. The van der Waals surface area contributed by atoms with Crippen molar-refractivity contribution in [2.45, 2.75) is 19.6 Å². The third-order valence-corrected chi connectivity index (χ3v) is 2.70. The number of hydrogen-bond acceptors (Lipinski definition) is 4. The van der Waals surface area contributed by atoms with Gasteiger partial charge in [0.25, 0.3) is 0 Å². The molecule has 0 amide bonds. The molecular weight excluding hydrogens is 244 g/mol. The molecule has 0 saturated heterocycles. The maximum absolute atomic E-state index is 9.78. The molecule has 0 saturated carbocycles. The summed E-state index contributed by atoms with van der Waals surface area (Å²) >= 11 is 0. The molecule has 1 aromatic carbocycles. The standard InChI is InChI=1S/C15H20O4/c1-12(4-3-9-16)15(17)11-19-10-13-5-7-14(18-2)8-6-13/h5-8,12,15-17H,9-11H2,1-2H3/t12-,15-/m0/s1. The molecule has 4 heteroatoms. The van der Waals surface area contributed by atoms with E-state index in [1.807, 2.05) is 24.3 Å². The summed E-state index contributed by atoms with van der Waals surface area (Å²) < 4.78 is 10.5. The van der Waals surface area contributed by atoms with E-state index in [4.69, 9.17) is 14.6 Å². The zero-order valence-corrected chi connectivity index (χ0v) is 11.3. The van der Waals surface area contributed by atoms with Crippen molar-refractivity contribution >= 4 is 0 Å². The Balaban J connectivity index is 2.32. The Labute approximate surface area is 114 Å². The van der Waals surface area contributed by atoms with Crippen molar-refractivity contribution in [3.63, 3.8) is 0 Å². The van der Waals surface area contributed by atoms with Crippen LogP contribution in [0.4, 0.5) is 0 Å². The molecule has 4 nitrogen and oxygen atoms in total. The Bertz CT molecular complexity index is 416. The van der Waals surface area contributed by atoms with Gasteiger partial charge in [0.1, 0.15) is 12.4 Å². The minimum Gasteiger partial charge on any atom is -0.497 e. The molecule has 104 valence electrons. The molecule has 0 aliphatic heterocycles. The van der Waals surface area contributed by atoms with E-state index in [1.54, 1.807) is 14.0 Å². The Morgan fingerprint density at radius 2 is 1.95 bits per heavy atom. The fourth-order valence-corrected chi connectivity index (χ4v) is 1.47. The highest BCUT2D eigenvalue weighted by atomic mass is 16.5. The van der Waals surface area contributed by atoms with Crippen molar-refractivity contribution in [2.24, 2.45) is 5.92 Å². The van der Waals surface area contributed by atoms with Crippen LogP contribution in [0.25, 0.3) is 0 Å². The van der Waals surface area contributed by atoms with Gasteiger partial charge < -0.3 is 19.7 Å². The lowest BCUT2D eigenvalue weighted by atomic mass is 10.1. The zero-order valence-electron chi connectivity index (χ0n) is 11.3. The summed E-state index contributed by atoms with van der Waals surface area (Å²) in [6, 6.07) is 7.56. The third-order valence-electron chi connectivity index (χ3n) is 2.70. The van der Waals surface area contributed by atoms with E-state index in [-0.39, 0.29) is 19.1 Å². The second-order valence-electron chi connectivity index (χ2n) is 4.20. The van der Waals surface area contributed by atoms with E-state index in [1.165, 1.54) is 0 Å². The van der Waals surface area contributed by atoms with Crippen molar-refractivity contribution < 1.29 is 19.7 Å². The van der Waals surface area contributed by atoms with Crippen LogP contribution in [-0.2, 0) is 11.3 Å². The van der Waals surface area contributed by atoms with Crippen LogP contribution >= 0.6 is 0 Å². The summed E-state index contributed by atoms with van der Waals surface area (Å²) in [5, 5.41) is 18.3. The van der Waals surface area contributed by atoms with Gasteiger partial charge in [0.2, 0.25) is 0 Å². The molecular formula is C15H20O4. The highest BCUT2D eigenvalue weighted by molar-refractivity contribution is 5.26. The Hall–Kier alpha value is -1.54. The normalized spacial score (nSPS) is 13.3. The quantitative estimate of drug-likeness (QED) is 0.758. The SMILES string of the molecule is COc1ccc(COC[C@H](O)[C@@H](C)C#CCO)cc1. The number of aliphatic hydroxyl groups excluding tert-OH is 2. The van der Waals surface area contributed by atoms with Gasteiger partial charge in [-0.05, 0) is 24.6 Å². The van der Waals surface area contributed by atoms with Crippen LogP contribution in [0.2, 0.25) is 0 Å². The average molecular weight is 264 g/mol. The van der Waals surface area contributed by atoms with Crippen LogP contribution < -0.4 is 4.74 Å². The number of benzene rings is 1. The fourth-order valence-electron chi connectivity index (χ4n) is 1.47. The highest BCUT2D eigenvalue weighted by Gasteiger charge is 2.11. The summed E-state index contributed by atoms with van der Waals surface area (Å²) in [5.74, 6) is 5.86. The predicted molar refractivity (Wildman–Crippen MR) is 72.7 cm³/mol. The molecule has 0 fully saturated rings. The van der Waals surface area contributed by atoms with E-state index in [0.717, 1.165) is 11.3 Å². The first-order valence-electron chi connectivity index (χ1n) is 6.15. The maximum Gasteiger partial charge on any atom is 0.118 e. The van der Waals surface area contributed by atoms with Crippen molar-refractivity contribution in [3.05, 3.63) is 29.8 Å². The van der Waals surface area contributed by atoms with E-state index in [0.29, 0.717) is 6.61 Å². The van der Waals surface area contributed by atoms with E-state index >= 15 is 0 Å². The van der Waals surface area contributed by atoms with E-state index in [9.17, 15) is 5.11 Å². The summed E-state index contributed by atoms with van der Waals surface area (Å²) in [6.45, 7) is 2.25. The van der Waals surface area contributed by atoms with Crippen molar-refractivity contribution in [1.82, 2.24) is 0 Å². The molecule has 0 unspecified atom stereocenters. The number of rotatable bonds is 6. The van der Waals surface area contributed by atoms with Crippen LogP contribution in [0.1, 0.15) is 12.5 Å². The van der Waals surface area contributed by atoms with Crippen LogP contribution in [0.5, 0.6) is 5.75 Å². The summed E-state index contributed by atoms with van der Waals surface area (Å²) in [5.41, 5.74) is 1.02. The third kappa shape index (κ3) is 5.75. The topological polar surface area (TPSA) is 58.9 Å². The lowest BCUT2D eigenvalue weighted by Crippen LogP contribution is -2.22. The molecule has 1 aromatic rings. The van der Waals surface area contributed by atoms with Gasteiger partial charge in [-0.1, -0.05) is 24.0 Å². The predicted octanol–water partition coefficient (Wildman–Crippen LogP) is 1.20. The van der Waals surface area contributed by atoms with Gasteiger partial charge in [0.15, 0.2) is 0 Å². The van der Waals surface area contributed by atoms with Crippen molar-refractivity contribution in [1.29, 1.82) is 0 Å². The monoisotopic (exact) mass is 264 g/mol. The molecule has 0 bridgehead atoms. The van der Waals surface area contributed by atoms with Crippen molar-refractivity contribution in [3.8, 4) is 17.6 Å². The summed E-state index contributed by atoms with van der Waals surface area (Å²) in [7, 11) is 1.62. The molecule has 2 atom stereocenters. The maximum atomic E-state index is 9.78. The second-order valence-corrected chi connectivity index (χ2v) is 4.20. The molecule has 0 aliphatic carbocycles. The molecule has 0 heterocycles. The molecule has 0 aromatic heterocycles. The second kappa shape index (κ2) is 8.54. The Morgan fingerprint density at radius 3 is 2.53 bits per heavy atom. The first kappa shape index (κ1) is 15.5. The smallest absolute Gasteiger partial charge is 0.118 e. The van der Waals surface area contributed by atoms with Crippen LogP contribution in [0, 0.1) is 17.8 Å². The average Bonchev–Trinajstić information content (AvgIpc) is 2.45. The summed E-state index contributed by atoms with van der Waals surface area (Å²) in [6.07, 6.45) is -0.655. The van der Waals surface area contributed by atoms with Gasteiger partial charge in [0.05, 0.1) is 26.4 Å². The number of aliphatic hydroxyl groups is 2. The van der Waals surface area contributed by atoms with Gasteiger partial charge >= 0.3 is 0 Å². The number of methoxy groups -OCH3 is 1. The molecule has 19 heavy (non-hydrogen) atoms. The summed E-state index contributed by atoms with van der Waals surface area (Å²) in [4.78, 5) is 0. The minimum absolute atomic E-state index is 0.191. The zero-order chi connectivity index (χ0) is 14.1. The first-order valence-corrected chi connectivity index (χ1v) is 6.15. The lowest BCUT2D eigenvalue weighted by Gasteiger charge is -2.14. The minimum atomic E-state index is -0.655. The first-order chi connectivity index (χ1) is 9.17. The van der Waals surface area contributed by atoms with Gasteiger partial charge in [-0.2, -0.15) is 0 Å². The largest absolute Gasteiger partial charge is 0.497 e. The molecule has 0 radical (unpaired) electrons.